The molecule has 0 heterocycles. The molecule has 18 heavy (non-hydrogen) atoms. The molecule has 3 nitrogen and oxygen atoms in total. The minimum absolute atomic E-state index is 0.0161. The zero-order valence-corrected chi connectivity index (χ0v) is 11.0. The van der Waals surface area contributed by atoms with Gasteiger partial charge in [-0.3, -0.25) is 4.79 Å². The van der Waals surface area contributed by atoms with Crippen LogP contribution < -0.4 is 5.32 Å². The maximum Gasteiger partial charge on any atom is 0.237 e. The van der Waals surface area contributed by atoms with Gasteiger partial charge in [-0.05, 0) is 23.6 Å². The molecule has 1 N–H and O–H groups in total. The Balaban J connectivity index is 2.63. The molecule has 0 bridgehead atoms. The van der Waals surface area contributed by atoms with E-state index in [2.05, 4.69) is 5.32 Å². The average molecular weight is 269 g/mol. The number of amides is 1. The van der Waals surface area contributed by atoms with Crippen molar-refractivity contribution in [1.82, 2.24) is 5.32 Å². The smallest absolute Gasteiger partial charge is 0.237 e. The molecule has 1 aromatic rings. The van der Waals surface area contributed by atoms with Crippen molar-refractivity contribution in [3.63, 3.8) is 0 Å². The van der Waals surface area contributed by atoms with Crippen LogP contribution in [0, 0.1) is 29.0 Å². The molecular formula is C13H14ClFN2O. The molecule has 0 saturated carbocycles. The van der Waals surface area contributed by atoms with Gasteiger partial charge in [0.05, 0.1) is 11.1 Å². The Morgan fingerprint density at radius 2 is 2.22 bits per heavy atom. The summed E-state index contributed by atoms with van der Waals surface area (Å²) in [6.07, 6.45) is 0. The highest BCUT2D eigenvalue weighted by Gasteiger charge is 2.21. The van der Waals surface area contributed by atoms with Crippen molar-refractivity contribution < 1.29 is 9.18 Å². The maximum absolute atomic E-state index is 12.9. The first-order valence-corrected chi connectivity index (χ1v) is 5.94. The van der Waals surface area contributed by atoms with Crippen LogP contribution in [-0.2, 0) is 11.3 Å². The molecule has 1 amide bonds. The molecule has 0 fully saturated rings. The zero-order chi connectivity index (χ0) is 13.7. The van der Waals surface area contributed by atoms with Crippen molar-refractivity contribution in [2.75, 3.05) is 0 Å². The predicted molar refractivity (Wildman–Crippen MR) is 67.2 cm³/mol. The third-order valence-corrected chi connectivity index (χ3v) is 2.83. The third kappa shape index (κ3) is 3.71. The lowest BCUT2D eigenvalue weighted by Crippen LogP contribution is -2.32. The van der Waals surface area contributed by atoms with Crippen LogP contribution in [0.3, 0.4) is 0 Å². The molecule has 1 aromatic carbocycles. The molecule has 0 radical (unpaired) electrons. The summed E-state index contributed by atoms with van der Waals surface area (Å²) >= 11 is 5.63. The SMILES string of the molecule is CC(C)C(C#N)C(=O)NCc1ccc(F)c(Cl)c1. The lowest BCUT2D eigenvalue weighted by molar-refractivity contribution is -0.124. The molecule has 1 unspecified atom stereocenters. The van der Waals surface area contributed by atoms with Crippen LogP contribution in [0.25, 0.3) is 0 Å². The normalized spacial score (nSPS) is 12.0. The molecular weight excluding hydrogens is 255 g/mol. The lowest BCUT2D eigenvalue weighted by Gasteiger charge is -2.13. The molecule has 0 aliphatic carbocycles. The monoisotopic (exact) mass is 268 g/mol. The Hall–Kier alpha value is -1.60. The Labute approximate surface area is 111 Å². The minimum Gasteiger partial charge on any atom is -0.351 e. The highest BCUT2D eigenvalue weighted by molar-refractivity contribution is 6.30. The fourth-order valence-corrected chi connectivity index (χ4v) is 1.66. The van der Waals surface area contributed by atoms with Crippen LogP contribution in [0.5, 0.6) is 0 Å². The van der Waals surface area contributed by atoms with Gasteiger partial charge in [-0.15, -0.1) is 0 Å². The molecule has 0 aromatic heterocycles. The van der Waals surface area contributed by atoms with Gasteiger partial charge in [0.2, 0.25) is 5.91 Å². The average Bonchev–Trinajstić information content (AvgIpc) is 2.31. The van der Waals surface area contributed by atoms with Gasteiger partial charge in [-0.1, -0.05) is 31.5 Å². The number of halogens is 2. The first-order chi connectivity index (χ1) is 8.45. The van der Waals surface area contributed by atoms with E-state index in [0.29, 0.717) is 5.56 Å². The van der Waals surface area contributed by atoms with E-state index in [1.54, 1.807) is 0 Å². The Kier molecular flexibility index (Phi) is 5.11. The van der Waals surface area contributed by atoms with Gasteiger partial charge in [0.1, 0.15) is 11.7 Å². The van der Waals surface area contributed by atoms with Gasteiger partial charge in [0, 0.05) is 6.54 Å². The summed E-state index contributed by atoms with van der Waals surface area (Å²) in [7, 11) is 0. The summed E-state index contributed by atoms with van der Waals surface area (Å²) in [5.74, 6) is -1.55. The molecule has 0 spiro atoms. The molecule has 0 aliphatic heterocycles. The summed E-state index contributed by atoms with van der Waals surface area (Å²) in [4.78, 5) is 11.7. The fraction of sp³-hybridized carbons (Fsp3) is 0.385. The van der Waals surface area contributed by atoms with Crippen LogP contribution >= 0.6 is 11.6 Å². The van der Waals surface area contributed by atoms with Gasteiger partial charge in [0.25, 0.3) is 0 Å². The second kappa shape index (κ2) is 6.36. The van der Waals surface area contributed by atoms with E-state index in [1.807, 2.05) is 19.9 Å². The lowest BCUT2D eigenvalue weighted by atomic mass is 9.96. The van der Waals surface area contributed by atoms with Crippen molar-refractivity contribution in [3.8, 4) is 6.07 Å². The second-order valence-electron chi connectivity index (χ2n) is 4.32. The van der Waals surface area contributed by atoms with Gasteiger partial charge >= 0.3 is 0 Å². The number of carbonyl (C=O) groups excluding carboxylic acids is 1. The van der Waals surface area contributed by atoms with Crippen LogP contribution in [0.2, 0.25) is 5.02 Å². The molecule has 1 rings (SSSR count). The first-order valence-electron chi connectivity index (χ1n) is 5.57. The minimum atomic E-state index is -0.680. The largest absolute Gasteiger partial charge is 0.351 e. The quantitative estimate of drug-likeness (QED) is 0.913. The number of nitriles is 1. The summed E-state index contributed by atoms with van der Waals surface area (Å²) in [5, 5.41) is 11.5. The second-order valence-corrected chi connectivity index (χ2v) is 4.72. The van der Waals surface area contributed by atoms with E-state index < -0.39 is 11.7 Å². The topological polar surface area (TPSA) is 52.9 Å². The van der Waals surface area contributed by atoms with Crippen LogP contribution in [0.15, 0.2) is 18.2 Å². The standard InChI is InChI=1S/C13H14ClFN2O/c1-8(2)10(6-16)13(18)17-7-9-3-4-12(15)11(14)5-9/h3-5,8,10H,7H2,1-2H3,(H,17,18). The predicted octanol–water partition coefficient (Wildman–Crippen LogP) is 2.89. The van der Waals surface area contributed by atoms with Gasteiger partial charge < -0.3 is 5.32 Å². The zero-order valence-electron chi connectivity index (χ0n) is 10.2. The Morgan fingerprint density at radius 1 is 1.56 bits per heavy atom. The number of hydrogen-bond acceptors (Lipinski definition) is 2. The number of hydrogen-bond donors (Lipinski definition) is 1. The van der Waals surface area contributed by atoms with Crippen LogP contribution in [0.1, 0.15) is 19.4 Å². The number of carbonyl (C=O) groups is 1. The van der Waals surface area contributed by atoms with Crippen molar-refractivity contribution in [2.24, 2.45) is 11.8 Å². The van der Waals surface area contributed by atoms with E-state index in [9.17, 15) is 9.18 Å². The van der Waals surface area contributed by atoms with Crippen molar-refractivity contribution in [2.45, 2.75) is 20.4 Å². The molecule has 0 aliphatic rings. The van der Waals surface area contributed by atoms with E-state index in [-0.39, 0.29) is 23.4 Å². The third-order valence-electron chi connectivity index (χ3n) is 2.54. The van der Waals surface area contributed by atoms with Crippen LogP contribution in [0.4, 0.5) is 4.39 Å². The summed E-state index contributed by atoms with van der Waals surface area (Å²) in [6.45, 7) is 3.84. The van der Waals surface area contributed by atoms with Crippen molar-refractivity contribution >= 4 is 17.5 Å². The number of nitrogens with zero attached hydrogens (tertiary/aromatic N) is 1. The van der Waals surface area contributed by atoms with Crippen molar-refractivity contribution in [1.29, 1.82) is 5.26 Å². The Bertz CT molecular complexity index is 482. The highest BCUT2D eigenvalue weighted by atomic mass is 35.5. The van der Waals surface area contributed by atoms with E-state index in [1.165, 1.54) is 18.2 Å². The van der Waals surface area contributed by atoms with Gasteiger partial charge in [0.15, 0.2) is 0 Å². The van der Waals surface area contributed by atoms with E-state index >= 15 is 0 Å². The molecule has 5 heteroatoms. The van der Waals surface area contributed by atoms with E-state index in [4.69, 9.17) is 16.9 Å². The number of benzene rings is 1. The Morgan fingerprint density at radius 3 is 2.72 bits per heavy atom. The summed E-state index contributed by atoms with van der Waals surface area (Å²) in [6, 6.07) is 6.20. The van der Waals surface area contributed by atoms with Gasteiger partial charge in [-0.2, -0.15) is 5.26 Å². The number of rotatable bonds is 4. The fourth-order valence-electron chi connectivity index (χ4n) is 1.46. The maximum atomic E-state index is 12.9. The first kappa shape index (κ1) is 14.5. The van der Waals surface area contributed by atoms with E-state index in [0.717, 1.165) is 0 Å². The summed E-state index contributed by atoms with van der Waals surface area (Å²) in [5.41, 5.74) is 0.690. The van der Waals surface area contributed by atoms with Gasteiger partial charge in [-0.25, -0.2) is 4.39 Å². The van der Waals surface area contributed by atoms with Crippen LogP contribution in [-0.4, -0.2) is 5.91 Å². The number of nitrogens with one attached hydrogen (secondary N) is 1. The molecule has 1 atom stereocenters. The summed E-state index contributed by atoms with van der Waals surface area (Å²) < 4.78 is 12.9. The van der Waals surface area contributed by atoms with Crippen molar-refractivity contribution in [3.05, 3.63) is 34.6 Å². The highest BCUT2D eigenvalue weighted by Crippen LogP contribution is 2.16. The molecule has 96 valence electrons. The molecule has 0 saturated heterocycles.